The summed E-state index contributed by atoms with van der Waals surface area (Å²) in [4.78, 5) is 11.7. The van der Waals surface area contributed by atoms with E-state index in [1.54, 1.807) is 6.92 Å². The van der Waals surface area contributed by atoms with Gasteiger partial charge < -0.3 is 10.4 Å². The molecule has 1 aromatic heterocycles. The van der Waals surface area contributed by atoms with Gasteiger partial charge in [-0.15, -0.1) is 10.2 Å². The number of aromatic nitrogens is 2. The molecule has 3 N–H and O–H groups in total. The van der Waals surface area contributed by atoms with E-state index in [0.717, 1.165) is 11.4 Å². The fourth-order valence-corrected chi connectivity index (χ4v) is 2.29. The topological polar surface area (TPSA) is 87.1 Å². The van der Waals surface area contributed by atoms with Crippen molar-refractivity contribution in [3.05, 3.63) is 5.01 Å². The summed E-state index contributed by atoms with van der Waals surface area (Å²) in [6.45, 7) is 9.91. The molecule has 0 saturated heterocycles. The number of aliphatic hydroxyl groups is 1. The van der Waals surface area contributed by atoms with Crippen LogP contribution in [0.5, 0.6) is 0 Å². The van der Waals surface area contributed by atoms with Crippen molar-refractivity contribution >= 4 is 22.5 Å². The van der Waals surface area contributed by atoms with E-state index in [2.05, 4.69) is 34.7 Å². The molecule has 7 heteroatoms. The van der Waals surface area contributed by atoms with Crippen LogP contribution >= 0.6 is 11.3 Å². The van der Waals surface area contributed by atoms with E-state index in [0.29, 0.717) is 11.0 Å². The Balaban J connectivity index is 2.45. The molecule has 1 heterocycles. The van der Waals surface area contributed by atoms with Crippen molar-refractivity contribution in [2.45, 2.75) is 46.6 Å². The maximum atomic E-state index is 11.7. The highest BCUT2D eigenvalue weighted by molar-refractivity contribution is 7.15. The van der Waals surface area contributed by atoms with Crippen molar-refractivity contribution in [3.63, 3.8) is 0 Å². The Morgan fingerprint density at radius 2 is 2.00 bits per heavy atom. The number of hydrogen-bond acceptors (Lipinski definition) is 5. The lowest BCUT2D eigenvalue weighted by atomic mass is 9.93. The number of rotatable bonds is 6. The minimum Gasteiger partial charge on any atom is -0.388 e. The second-order valence-corrected chi connectivity index (χ2v) is 6.98. The van der Waals surface area contributed by atoms with E-state index >= 15 is 0 Å². The van der Waals surface area contributed by atoms with Gasteiger partial charge in [-0.05, 0) is 18.8 Å². The lowest BCUT2D eigenvalue weighted by Gasteiger charge is -2.27. The van der Waals surface area contributed by atoms with Crippen LogP contribution in [0.15, 0.2) is 0 Å². The maximum absolute atomic E-state index is 11.7. The molecule has 0 aromatic carbocycles. The molecule has 1 unspecified atom stereocenters. The van der Waals surface area contributed by atoms with Gasteiger partial charge in [-0.3, -0.25) is 5.32 Å². The van der Waals surface area contributed by atoms with Crippen molar-refractivity contribution in [2.75, 3.05) is 11.9 Å². The molecular formula is C13H24N4O2S. The Kier molecular flexibility index (Phi) is 5.88. The summed E-state index contributed by atoms with van der Waals surface area (Å²) in [7, 11) is 0. The third kappa shape index (κ3) is 5.42. The van der Waals surface area contributed by atoms with Gasteiger partial charge >= 0.3 is 6.03 Å². The number of carbonyl (C=O) groups is 1. The molecule has 0 radical (unpaired) electrons. The van der Waals surface area contributed by atoms with Crippen molar-refractivity contribution in [1.82, 2.24) is 15.5 Å². The molecule has 1 aromatic rings. The van der Waals surface area contributed by atoms with E-state index < -0.39 is 5.60 Å². The number of nitrogens with zero attached hydrogens (tertiary/aromatic N) is 2. The smallest absolute Gasteiger partial charge is 0.321 e. The van der Waals surface area contributed by atoms with Gasteiger partial charge in [0.15, 0.2) is 0 Å². The average Bonchev–Trinajstić information content (AvgIpc) is 2.73. The van der Waals surface area contributed by atoms with Crippen LogP contribution < -0.4 is 10.6 Å². The van der Waals surface area contributed by atoms with E-state index in [4.69, 9.17) is 0 Å². The molecule has 0 bridgehead atoms. The number of anilines is 1. The Labute approximate surface area is 124 Å². The second kappa shape index (κ2) is 6.99. The maximum Gasteiger partial charge on any atom is 0.321 e. The van der Waals surface area contributed by atoms with Crippen molar-refractivity contribution < 1.29 is 9.90 Å². The van der Waals surface area contributed by atoms with Crippen LogP contribution in [0.25, 0.3) is 0 Å². The van der Waals surface area contributed by atoms with E-state index in [1.165, 1.54) is 11.3 Å². The SMILES string of the molecule is CC(C)Cc1nnc(NC(=O)NCC(C)(O)C(C)C)s1. The minimum atomic E-state index is -0.929. The fourth-order valence-electron chi connectivity index (χ4n) is 1.34. The summed E-state index contributed by atoms with van der Waals surface area (Å²) < 4.78 is 0. The van der Waals surface area contributed by atoms with E-state index in [-0.39, 0.29) is 18.5 Å². The van der Waals surface area contributed by atoms with Gasteiger partial charge in [0.25, 0.3) is 0 Å². The number of carbonyl (C=O) groups excluding carboxylic acids is 1. The highest BCUT2D eigenvalue weighted by atomic mass is 32.1. The average molecular weight is 300 g/mol. The zero-order valence-electron chi connectivity index (χ0n) is 12.7. The number of amides is 2. The van der Waals surface area contributed by atoms with Crippen LogP contribution in [-0.2, 0) is 6.42 Å². The third-order valence-corrected chi connectivity index (χ3v) is 3.98. The fraction of sp³-hybridized carbons (Fsp3) is 0.769. The monoisotopic (exact) mass is 300 g/mol. The van der Waals surface area contributed by atoms with Crippen LogP contribution in [0.4, 0.5) is 9.93 Å². The molecule has 1 rings (SSSR count). The Morgan fingerprint density at radius 3 is 2.55 bits per heavy atom. The summed E-state index contributed by atoms with van der Waals surface area (Å²) in [6, 6.07) is -0.377. The van der Waals surface area contributed by atoms with Crippen LogP contribution in [0.1, 0.15) is 39.6 Å². The quantitative estimate of drug-likeness (QED) is 0.752. The lowest BCUT2D eigenvalue weighted by Crippen LogP contribution is -2.45. The highest BCUT2D eigenvalue weighted by Crippen LogP contribution is 2.18. The third-order valence-electron chi connectivity index (χ3n) is 3.12. The normalized spacial score (nSPS) is 14.4. The first-order valence-corrected chi connectivity index (χ1v) is 7.62. The van der Waals surface area contributed by atoms with Gasteiger partial charge in [0.05, 0.1) is 5.60 Å². The van der Waals surface area contributed by atoms with E-state index in [1.807, 2.05) is 13.8 Å². The standard InChI is InChI=1S/C13H24N4O2S/c1-8(2)6-10-16-17-12(20-10)15-11(18)14-7-13(5,19)9(3)4/h8-9,19H,6-7H2,1-5H3,(H2,14,15,17,18). The lowest BCUT2D eigenvalue weighted by molar-refractivity contribution is 0.0170. The minimum absolute atomic E-state index is 0.0574. The van der Waals surface area contributed by atoms with Gasteiger partial charge in [-0.25, -0.2) is 4.79 Å². The molecule has 2 amide bonds. The summed E-state index contributed by atoms with van der Waals surface area (Å²) in [6.07, 6.45) is 0.850. The Morgan fingerprint density at radius 1 is 1.35 bits per heavy atom. The van der Waals surface area contributed by atoms with Crippen molar-refractivity contribution in [3.8, 4) is 0 Å². The zero-order chi connectivity index (χ0) is 15.3. The largest absolute Gasteiger partial charge is 0.388 e. The molecule has 114 valence electrons. The van der Waals surface area contributed by atoms with Gasteiger partial charge in [0.1, 0.15) is 5.01 Å². The summed E-state index contributed by atoms with van der Waals surface area (Å²) in [5.74, 6) is 0.563. The first-order chi connectivity index (χ1) is 9.20. The molecular weight excluding hydrogens is 276 g/mol. The van der Waals surface area contributed by atoms with E-state index in [9.17, 15) is 9.90 Å². The number of nitrogens with one attached hydrogen (secondary N) is 2. The predicted molar refractivity (Wildman–Crippen MR) is 80.9 cm³/mol. The van der Waals surface area contributed by atoms with Crippen molar-refractivity contribution in [2.24, 2.45) is 11.8 Å². The second-order valence-electron chi connectivity index (χ2n) is 5.92. The summed E-state index contributed by atoms with van der Waals surface area (Å²) in [5, 5.41) is 24.6. The molecule has 0 aliphatic carbocycles. The Hall–Kier alpha value is -1.21. The molecule has 20 heavy (non-hydrogen) atoms. The molecule has 0 saturated carbocycles. The van der Waals surface area contributed by atoms with Gasteiger partial charge in [-0.2, -0.15) is 0 Å². The van der Waals surface area contributed by atoms with Crippen LogP contribution in [0.2, 0.25) is 0 Å². The summed E-state index contributed by atoms with van der Waals surface area (Å²) in [5.41, 5.74) is -0.929. The predicted octanol–water partition coefficient (Wildman–Crippen LogP) is 2.27. The van der Waals surface area contributed by atoms with Crippen molar-refractivity contribution in [1.29, 1.82) is 0 Å². The Bertz CT molecular complexity index is 443. The van der Waals surface area contributed by atoms with Crippen LogP contribution in [0, 0.1) is 11.8 Å². The molecule has 6 nitrogen and oxygen atoms in total. The van der Waals surface area contributed by atoms with Gasteiger partial charge in [-0.1, -0.05) is 39.0 Å². The molecule has 0 aliphatic rings. The molecule has 0 fully saturated rings. The zero-order valence-corrected chi connectivity index (χ0v) is 13.5. The molecule has 0 spiro atoms. The number of urea groups is 1. The first kappa shape index (κ1) is 16.8. The van der Waals surface area contributed by atoms with Gasteiger partial charge in [0, 0.05) is 13.0 Å². The first-order valence-electron chi connectivity index (χ1n) is 6.80. The van der Waals surface area contributed by atoms with Crippen LogP contribution in [0.3, 0.4) is 0 Å². The highest BCUT2D eigenvalue weighted by Gasteiger charge is 2.25. The number of hydrogen-bond donors (Lipinski definition) is 3. The van der Waals surface area contributed by atoms with Gasteiger partial charge in [0.2, 0.25) is 5.13 Å². The molecule has 0 aliphatic heterocycles. The molecule has 1 atom stereocenters. The van der Waals surface area contributed by atoms with Crippen LogP contribution in [-0.4, -0.2) is 33.5 Å². The summed E-state index contributed by atoms with van der Waals surface area (Å²) >= 11 is 1.37.